The van der Waals surface area contributed by atoms with Gasteiger partial charge >= 0.3 is 0 Å². The molecule has 9 nitrogen and oxygen atoms in total. The van der Waals surface area contributed by atoms with E-state index in [4.69, 9.17) is 4.55 Å². The molecule has 2 heterocycles. The molecule has 268 valence electrons. The fraction of sp³-hybridized carbons (Fsp3) is 0.116. The first-order valence-electron chi connectivity index (χ1n) is 17.1. The summed E-state index contributed by atoms with van der Waals surface area (Å²) in [6.45, 7) is 7.87. The van der Waals surface area contributed by atoms with Crippen molar-refractivity contribution in [3.8, 4) is 22.3 Å². The summed E-state index contributed by atoms with van der Waals surface area (Å²) < 4.78 is 33.8. The van der Waals surface area contributed by atoms with Crippen molar-refractivity contribution in [1.29, 1.82) is 0 Å². The predicted molar refractivity (Wildman–Crippen MR) is 209 cm³/mol. The third-order valence-corrected chi connectivity index (χ3v) is 9.20. The van der Waals surface area contributed by atoms with E-state index >= 15 is 0 Å². The van der Waals surface area contributed by atoms with Crippen LogP contribution in [0.3, 0.4) is 0 Å². The second kappa shape index (κ2) is 17.8. The van der Waals surface area contributed by atoms with Crippen LogP contribution in [0.15, 0.2) is 157 Å². The summed E-state index contributed by atoms with van der Waals surface area (Å²) in [6.07, 6.45) is 11.5. The van der Waals surface area contributed by atoms with Gasteiger partial charge in [-0.1, -0.05) is 54.1 Å². The number of benzene rings is 4. The largest absolute Gasteiger partial charge is 0.323 e. The Hall–Kier alpha value is -6.23. The SMILES string of the molecule is CC[n+]1cccc(-c2ccc(NC(=O)/C=C/c3ccc(C(=O)Nc4ccc(-c5ccc[n+](CC)c5)cc4)cc3)cc2)c1.Cc1ccc(S(=O)(=O)O)cc1. The Balaban J connectivity index is 0.000000422. The highest BCUT2D eigenvalue weighted by Crippen LogP contribution is 2.22. The van der Waals surface area contributed by atoms with Crippen molar-refractivity contribution in [1.82, 2.24) is 0 Å². The fourth-order valence-corrected chi connectivity index (χ4v) is 5.77. The molecule has 10 heteroatoms. The molecule has 2 aromatic heterocycles. The van der Waals surface area contributed by atoms with E-state index in [0.29, 0.717) is 5.56 Å². The summed E-state index contributed by atoms with van der Waals surface area (Å²) in [5.41, 5.74) is 8.19. The molecular formula is C43H42N4O5S+2. The van der Waals surface area contributed by atoms with Crippen LogP contribution in [0.1, 0.15) is 35.3 Å². The predicted octanol–water partition coefficient (Wildman–Crippen LogP) is 7.78. The molecule has 0 radical (unpaired) electrons. The number of aryl methyl sites for hydroxylation is 3. The average Bonchev–Trinajstić information content (AvgIpc) is 3.18. The van der Waals surface area contributed by atoms with Gasteiger partial charge in [0.2, 0.25) is 5.91 Å². The molecule has 0 aliphatic heterocycles. The van der Waals surface area contributed by atoms with Crippen LogP contribution in [0.5, 0.6) is 0 Å². The first kappa shape index (κ1) is 38.0. The maximum Gasteiger partial charge on any atom is 0.294 e. The molecule has 0 aliphatic carbocycles. The quantitative estimate of drug-likeness (QED) is 0.0757. The molecule has 0 spiro atoms. The zero-order valence-electron chi connectivity index (χ0n) is 29.8. The summed E-state index contributed by atoms with van der Waals surface area (Å²) in [4.78, 5) is 25.2. The number of rotatable bonds is 10. The molecule has 0 fully saturated rings. The lowest BCUT2D eigenvalue weighted by atomic mass is 10.1. The van der Waals surface area contributed by atoms with Crippen molar-refractivity contribution >= 4 is 39.4 Å². The molecule has 0 atom stereocenters. The minimum atomic E-state index is -4.02. The van der Waals surface area contributed by atoms with Gasteiger partial charge in [-0.25, -0.2) is 9.13 Å². The van der Waals surface area contributed by atoms with Gasteiger partial charge in [-0.05, 0) is 104 Å². The van der Waals surface area contributed by atoms with Crippen LogP contribution >= 0.6 is 0 Å². The number of carbonyl (C=O) groups excluding carboxylic acids is 2. The summed E-state index contributed by atoms with van der Waals surface area (Å²) in [5, 5.41) is 5.84. The lowest BCUT2D eigenvalue weighted by Gasteiger charge is -2.07. The van der Waals surface area contributed by atoms with E-state index in [1.54, 1.807) is 30.3 Å². The van der Waals surface area contributed by atoms with E-state index in [9.17, 15) is 18.0 Å². The van der Waals surface area contributed by atoms with E-state index < -0.39 is 10.1 Å². The molecule has 4 aromatic carbocycles. The molecule has 0 unspecified atom stereocenters. The van der Waals surface area contributed by atoms with Crippen molar-refractivity contribution in [3.63, 3.8) is 0 Å². The maximum atomic E-state index is 12.8. The first-order valence-corrected chi connectivity index (χ1v) is 18.6. The number of hydrogen-bond donors (Lipinski definition) is 3. The van der Waals surface area contributed by atoms with Gasteiger partial charge in [0.15, 0.2) is 24.8 Å². The molecule has 0 aliphatic rings. The number of carbonyl (C=O) groups is 2. The van der Waals surface area contributed by atoms with Crippen molar-refractivity contribution in [2.24, 2.45) is 0 Å². The third-order valence-electron chi connectivity index (χ3n) is 8.33. The fourth-order valence-electron chi connectivity index (χ4n) is 5.29. The van der Waals surface area contributed by atoms with Crippen LogP contribution < -0.4 is 19.8 Å². The smallest absolute Gasteiger partial charge is 0.294 e. The Kier molecular flexibility index (Phi) is 12.8. The minimum Gasteiger partial charge on any atom is -0.323 e. The van der Waals surface area contributed by atoms with Crippen molar-refractivity contribution in [2.75, 3.05) is 10.6 Å². The standard InChI is InChI=1S/C36H32N4O2.C7H8O3S/c1-3-39-23-5-7-31(25-39)28-14-18-33(19-15-28)37-35(41)22-11-27-9-12-30(13-10-27)36(42)38-34-20-16-29(17-21-34)32-8-6-24-40(4-2)26-32;1-6-2-4-7(5-3-6)11(8,9)10/h5-26H,3-4H2,1-2H3;2-5H,1H3,(H,8,9,10)/p+2/b22-11+;. The summed E-state index contributed by atoms with van der Waals surface area (Å²) >= 11 is 0. The lowest BCUT2D eigenvalue weighted by molar-refractivity contribution is -0.693. The number of hydrogen-bond acceptors (Lipinski definition) is 4. The monoisotopic (exact) mass is 726 g/mol. The average molecular weight is 727 g/mol. The van der Waals surface area contributed by atoms with Crippen LogP contribution in [0, 0.1) is 6.92 Å². The van der Waals surface area contributed by atoms with E-state index in [1.165, 1.54) is 18.2 Å². The summed E-state index contributed by atoms with van der Waals surface area (Å²) in [6, 6.07) is 36.9. The molecular weight excluding hydrogens is 685 g/mol. The Morgan fingerprint density at radius 3 is 1.60 bits per heavy atom. The van der Waals surface area contributed by atoms with Crippen molar-refractivity contribution in [3.05, 3.63) is 169 Å². The van der Waals surface area contributed by atoms with Crippen molar-refractivity contribution < 1.29 is 31.7 Å². The number of nitrogens with one attached hydrogen (secondary N) is 2. The van der Waals surface area contributed by atoms with Gasteiger partial charge in [0.25, 0.3) is 16.0 Å². The minimum absolute atomic E-state index is 0.0666. The van der Waals surface area contributed by atoms with Gasteiger partial charge in [0.1, 0.15) is 13.1 Å². The molecule has 0 saturated carbocycles. The molecule has 0 bridgehead atoms. The third kappa shape index (κ3) is 11.1. The highest BCUT2D eigenvalue weighted by molar-refractivity contribution is 7.85. The second-order valence-electron chi connectivity index (χ2n) is 12.2. The lowest BCUT2D eigenvalue weighted by Crippen LogP contribution is -2.30. The summed E-state index contributed by atoms with van der Waals surface area (Å²) in [7, 11) is -4.02. The van der Waals surface area contributed by atoms with E-state index in [2.05, 4.69) is 58.1 Å². The van der Waals surface area contributed by atoms with Gasteiger partial charge in [0, 0.05) is 46.3 Å². The second-order valence-corrected chi connectivity index (χ2v) is 13.6. The van der Waals surface area contributed by atoms with Gasteiger partial charge in [-0.15, -0.1) is 0 Å². The molecule has 3 N–H and O–H groups in total. The zero-order chi connectivity index (χ0) is 37.8. The molecule has 6 rings (SSSR count). The topological polar surface area (TPSA) is 120 Å². The molecule has 2 amide bonds. The van der Waals surface area contributed by atoms with Crippen LogP contribution in [-0.2, 0) is 28.0 Å². The number of anilines is 2. The zero-order valence-corrected chi connectivity index (χ0v) is 30.6. The number of pyridine rings is 2. The van der Waals surface area contributed by atoms with Crippen LogP contribution in [0.4, 0.5) is 11.4 Å². The van der Waals surface area contributed by atoms with Crippen LogP contribution in [0.25, 0.3) is 28.3 Å². The van der Waals surface area contributed by atoms with Gasteiger partial charge < -0.3 is 10.6 Å². The Labute approximate surface area is 310 Å². The van der Waals surface area contributed by atoms with Gasteiger partial charge in [0.05, 0.1) is 4.90 Å². The number of amides is 2. The number of nitrogens with zero attached hydrogens (tertiary/aromatic N) is 2. The van der Waals surface area contributed by atoms with Gasteiger partial charge in [-0.3, -0.25) is 14.1 Å². The summed E-state index contributed by atoms with van der Waals surface area (Å²) in [5.74, 6) is -0.417. The first-order chi connectivity index (χ1) is 25.5. The highest BCUT2D eigenvalue weighted by Gasteiger charge is 2.09. The van der Waals surface area contributed by atoms with Gasteiger partial charge in [-0.2, -0.15) is 8.42 Å². The molecule has 0 saturated heterocycles. The Morgan fingerprint density at radius 1 is 0.642 bits per heavy atom. The highest BCUT2D eigenvalue weighted by atomic mass is 32.2. The van der Waals surface area contributed by atoms with Crippen molar-refractivity contribution in [2.45, 2.75) is 38.8 Å². The van der Waals surface area contributed by atoms with E-state index in [-0.39, 0.29) is 16.7 Å². The van der Waals surface area contributed by atoms with E-state index in [1.807, 2.05) is 92.1 Å². The van der Waals surface area contributed by atoms with Crippen LogP contribution in [0.2, 0.25) is 0 Å². The Bertz CT molecular complexity index is 2300. The maximum absolute atomic E-state index is 12.8. The molecule has 6 aromatic rings. The molecule has 53 heavy (non-hydrogen) atoms. The normalized spacial score (nSPS) is 11.0. The van der Waals surface area contributed by atoms with E-state index in [0.717, 1.165) is 57.8 Å². The number of aromatic nitrogens is 2. The van der Waals surface area contributed by atoms with Crippen LogP contribution in [-0.4, -0.2) is 24.8 Å². The Morgan fingerprint density at radius 2 is 1.13 bits per heavy atom.